The highest BCUT2D eigenvalue weighted by molar-refractivity contribution is 7.09. The normalized spacial score (nSPS) is 10.4. The molecule has 1 aromatic carbocycles. The average molecular weight is 279 g/mol. The van der Waals surface area contributed by atoms with Crippen molar-refractivity contribution >= 4 is 23.0 Å². The quantitative estimate of drug-likeness (QED) is 0.913. The Hall–Kier alpha value is -1.88. The predicted octanol–water partition coefficient (Wildman–Crippen LogP) is 3.26. The van der Waals surface area contributed by atoms with Crippen molar-refractivity contribution < 1.29 is 14.3 Å². The zero-order valence-corrected chi connectivity index (χ0v) is 11.3. The zero-order valence-electron chi connectivity index (χ0n) is 10.5. The summed E-state index contributed by atoms with van der Waals surface area (Å²) in [5.74, 6) is -1.62. The van der Waals surface area contributed by atoms with Crippen LogP contribution in [0.3, 0.4) is 0 Å². The topological polar surface area (TPSA) is 40.5 Å². The number of carboxylic acid groups (broad SMARTS) is 1. The Labute approximate surface area is 114 Å². The summed E-state index contributed by atoms with van der Waals surface area (Å²) in [6.07, 6.45) is 0.765. The van der Waals surface area contributed by atoms with Crippen molar-refractivity contribution in [1.82, 2.24) is 0 Å². The Balaban J connectivity index is 2.18. The van der Waals surface area contributed by atoms with Gasteiger partial charge in [-0.1, -0.05) is 12.1 Å². The van der Waals surface area contributed by atoms with E-state index in [1.807, 2.05) is 17.5 Å². The molecule has 0 unspecified atom stereocenters. The van der Waals surface area contributed by atoms with Crippen LogP contribution in [0.15, 0.2) is 35.7 Å². The summed E-state index contributed by atoms with van der Waals surface area (Å²) in [7, 11) is 1.71. The molecule has 0 aliphatic carbocycles. The summed E-state index contributed by atoms with van der Waals surface area (Å²) < 4.78 is 13.8. The van der Waals surface area contributed by atoms with E-state index in [1.54, 1.807) is 23.3 Å². The number of para-hydroxylation sites is 1. The molecule has 0 radical (unpaired) electrons. The first-order valence-corrected chi connectivity index (χ1v) is 6.73. The molecule has 1 N–H and O–H groups in total. The van der Waals surface area contributed by atoms with Crippen LogP contribution in [0, 0.1) is 5.82 Å². The zero-order chi connectivity index (χ0) is 13.8. The van der Waals surface area contributed by atoms with Crippen molar-refractivity contribution in [2.75, 3.05) is 18.5 Å². The van der Waals surface area contributed by atoms with E-state index in [0.717, 1.165) is 6.42 Å². The number of halogens is 1. The van der Waals surface area contributed by atoms with Gasteiger partial charge in [-0.25, -0.2) is 9.18 Å². The van der Waals surface area contributed by atoms with Crippen LogP contribution in [0.4, 0.5) is 10.1 Å². The van der Waals surface area contributed by atoms with Crippen LogP contribution in [0.5, 0.6) is 0 Å². The number of aromatic carboxylic acids is 1. The molecular weight excluding hydrogens is 265 g/mol. The Morgan fingerprint density at radius 1 is 1.37 bits per heavy atom. The minimum absolute atomic E-state index is 0.00585. The lowest BCUT2D eigenvalue weighted by molar-refractivity contribution is 0.0697. The molecule has 3 nitrogen and oxygen atoms in total. The second kappa shape index (κ2) is 5.84. The Bertz CT molecular complexity index is 569. The third-order valence-electron chi connectivity index (χ3n) is 2.87. The van der Waals surface area contributed by atoms with Crippen molar-refractivity contribution in [2.24, 2.45) is 0 Å². The van der Waals surface area contributed by atoms with Crippen LogP contribution in [0.1, 0.15) is 15.2 Å². The van der Waals surface area contributed by atoms with Gasteiger partial charge in [0.1, 0.15) is 5.82 Å². The SMILES string of the molecule is CN(CCc1cccs1)c1c(F)cccc1C(=O)O. The van der Waals surface area contributed by atoms with Gasteiger partial charge in [-0.2, -0.15) is 0 Å². The second-order valence-corrected chi connectivity index (χ2v) is 5.22. The van der Waals surface area contributed by atoms with Crippen LogP contribution in [0.2, 0.25) is 0 Å². The number of carboxylic acids is 1. The lowest BCUT2D eigenvalue weighted by Crippen LogP contribution is -2.23. The molecule has 0 atom stereocenters. The van der Waals surface area contributed by atoms with E-state index in [4.69, 9.17) is 5.11 Å². The molecule has 0 amide bonds. The fraction of sp³-hybridized carbons (Fsp3) is 0.214. The van der Waals surface area contributed by atoms with Crippen molar-refractivity contribution in [3.8, 4) is 0 Å². The molecular formula is C14H14FNO2S. The van der Waals surface area contributed by atoms with Crippen molar-refractivity contribution in [3.05, 3.63) is 52.0 Å². The number of rotatable bonds is 5. The first-order chi connectivity index (χ1) is 9.09. The van der Waals surface area contributed by atoms with E-state index in [9.17, 15) is 9.18 Å². The molecule has 0 saturated heterocycles. The van der Waals surface area contributed by atoms with Gasteiger partial charge < -0.3 is 10.0 Å². The van der Waals surface area contributed by atoms with Crippen molar-refractivity contribution in [2.45, 2.75) is 6.42 Å². The molecule has 0 aliphatic rings. The third kappa shape index (κ3) is 3.12. The van der Waals surface area contributed by atoms with E-state index in [1.165, 1.54) is 23.1 Å². The Morgan fingerprint density at radius 3 is 2.79 bits per heavy atom. The number of nitrogens with zero attached hydrogens (tertiary/aromatic N) is 1. The highest BCUT2D eigenvalue weighted by atomic mass is 32.1. The molecule has 1 aromatic heterocycles. The molecule has 2 rings (SSSR count). The van der Waals surface area contributed by atoms with Crippen LogP contribution in [-0.4, -0.2) is 24.7 Å². The van der Waals surface area contributed by atoms with Gasteiger partial charge in [-0.05, 0) is 30.0 Å². The summed E-state index contributed by atoms with van der Waals surface area (Å²) in [5.41, 5.74) is 0.139. The van der Waals surface area contributed by atoms with Crippen molar-refractivity contribution in [1.29, 1.82) is 0 Å². The minimum Gasteiger partial charge on any atom is -0.478 e. The standard InChI is InChI=1S/C14H14FNO2S/c1-16(8-7-10-4-3-9-19-10)13-11(14(17)18)5-2-6-12(13)15/h2-6,9H,7-8H2,1H3,(H,17,18). The van der Waals surface area contributed by atoms with Gasteiger partial charge in [0.05, 0.1) is 11.3 Å². The summed E-state index contributed by atoms with van der Waals surface area (Å²) in [6, 6.07) is 8.09. The van der Waals surface area contributed by atoms with E-state index < -0.39 is 11.8 Å². The van der Waals surface area contributed by atoms with E-state index in [0.29, 0.717) is 6.54 Å². The number of thiophene rings is 1. The number of carbonyl (C=O) groups is 1. The molecule has 100 valence electrons. The molecule has 19 heavy (non-hydrogen) atoms. The maximum atomic E-state index is 13.8. The number of hydrogen-bond donors (Lipinski definition) is 1. The molecule has 1 heterocycles. The molecule has 0 bridgehead atoms. The summed E-state index contributed by atoms with van der Waals surface area (Å²) >= 11 is 1.64. The van der Waals surface area contributed by atoms with Crippen LogP contribution >= 0.6 is 11.3 Å². The van der Waals surface area contributed by atoms with Gasteiger partial charge in [0, 0.05) is 18.5 Å². The highest BCUT2D eigenvalue weighted by Gasteiger charge is 2.17. The third-order valence-corrected chi connectivity index (χ3v) is 3.81. The lowest BCUT2D eigenvalue weighted by Gasteiger charge is -2.21. The van der Waals surface area contributed by atoms with E-state index >= 15 is 0 Å². The molecule has 0 saturated carbocycles. The number of hydrogen-bond acceptors (Lipinski definition) is 3. The summed E-state index contributed by atoms with van der Waals surface area (Å²) in [5, 5.41) is 11.1. The molecule has 0 fully saturated rings. The van der Waals surface area contributed by atoms with Crippen LogP contribution in [0.25, 0.3) is 0 Å². The monoisotopic (exact) mass is 279 g/mol. The first kappa shape index (κ1) is 13.5. The fourth-order valence-electron chi connectivity index (χ4n) is 1.92. The minimum atomic E-state index is -1.11. The number of likely N-dealkylation sites (N-methyl/N-ethyl adjacent to an activating group) is 1. The number of anilines is 1. The second-order valence-electron chi connectivity index (χ2n) is 4.19. The van der Waals surface area contributed by atoms with Gasteiger partial charge in [0.15, 0.2) is 0 Å². The first-order valence-electron chi connectivity index (χ1n) is 5.85. The molecule has 2 aromatic rings. The van der Waals surface area contributed by atoms with Gasteiger partial charge in [0.2, 0.25) is 0 Å². The Morgan fingerprint density at radius 2 is 2.16 bits per heavy atom. The lowest BCUT2D eigenvalue weighted by atomic mass is 10.1. The average Bonchev–Trinajstić information content (AvgIpc) is 2.88. The smallest absolute Gasteiger partial charge is 0.337 e. The van der Waals surface area contributed by atoms with Gasteiger partial charge in [-0.3, -0.25) is 0 Å². The predicted molar refractivity (Wildman–Crippen MR) is 74.7 cm³/mol. The highest BCUT2D eigenvalue weighted by Crippen LogP contribution is 2.24. The van der Waals surface area contributed by atoms with E-state index in [-0.39, 0.29) is 11.3 Å². The van der Waals surface area contributed by atoms with Crippen molar-refractivity contribution in [3.63, 3.8) is 0 Å². The fourth-order valence-corrected chi connectivity index (χ4v) is 2.62. The molecule has 0 aliphatic heterocycles. The largest absolute Gasteiger partial charge is 0.478 e. The summed E-state index contributed by atoms with van der Waals surface area (Å²) in [4.78, 5) is 14.0. The maximum absolute atomic E-state index is 13.8. The van der Waals surface area contributed by atoms with Gasteiger partial charge in [0.25, 0.3) is 0 Å². The molecule has 0 spiro atoms. The van der Waals surface area contributed by atoms with Crippen LogP contribution in [-0.2, 0) is 6.42 Å². The number of benzene rings is 1. The van der Waals surface area contributed by atoms with Gasteiger partial charge >= 0.3 is 5.97 Å². The summed E-state index contributed by atoms with van der Waals surface area (Å²) in [6.45, 7) is 0.571. The Kier molecular flexibility index (Phi) is 4.16. The van der Waals surface area contributed by atoms with E-state index in [2.05, 4.69) is 0 Å². The maximum Gasteiger partial charge on any atom is 0.337 e. The molecule has 5 heteroatoms. The van der Waals surface area contributed by atoms with Crippen LogP contribution < -0.4 is 4.90 Å². The van der Waals surface area contributed by atoms with Gasteiger partial charge in [-0.15, -0.1) is 11.3 Å².